The molecule has 0 aliphatic carbocycles. The van der Waals surface area contributed by atoms with Crippen molar-refractivity contribution in [3.63, 3.8) is 0 Å². The molecule has 1 saturated heterocycles. The molecule has 5 heteroatoms. The van der Waals surface area contributed by atoms with Crippen LogP contribution < -0.4 is 5.32 Å². The van der Waals surface area contributed by atoms with Gasteiger partial charge in [-0.1, -0.05) is 28.1 Å². The molecule has 16 heavy (non-hydrogen) atoms. The van der Waals surface area contributed by atoms with Crippen molar-refractivity contribution in [2.45, 2.75) is 24.9 Å². The van der Waals surface area contributed by atoms with Crippen molar-refractivity contribution in [1.29, 1.82) is 0 Å². The molecule has 0 bridgehead atoms. The van der Waals surface area contributed by atoms with Crippen LogP contribution in [0.1, 0.15) is 24.4 Å². The number of carboxylic acid groups (broad SMARTS) is 1. The Morgan fingerprint density at radius 2 is 1.94 bits per heavy atom. The number of halogens is 2. The molecule has 1 heterocycles. The SMILES string of the molecule is Cl.O=C(O)C1CCC(c2ccc(Br)cc2)N1. The van der Waals surface area contributed by atoms with Gasteiger partial charge in [0.15, 0.2) is 0 Å². The van der Waals surface area contributed by atoms with Crippen LogP contribution in [0.5, 0.6) is 0 Å². The van der Waals surface area contributed by atoms with E-state index < -0.39 is 12.0 Å². The summed E-state index contributed by atoms with van der Waals surface area (Å²) in [6.45, 7) is 0. The van der Waals surface area contributed by atoms with Crippen molar-refractivity contribution in [3.05, 3.63) is 34.3 Å². The first-order valence-electron chi connectivity index (χ1n) is 4.91. The van der Waals surface area contributed by atoms with Crippen LogP contribution in [-0.2, 0) is 4.79 Å². The van der Waals surface area contributed by atoms with E-state index in [0.29, 0.717) is 6.42 Å². The summed E-state index contributed by atoms with van der Waals surface area (Å²) in [7, 11) is 0. The van der Waals surface area contributed by atoms with E-state index in [-0.39, 0.29) is 18.4 Å². The second kappa shape index (κ2) is 5.66. The van der Waals surface area contributed by atoms with Gasteiger partial charge in [-0.25, -0.2) is 0 Å². The molecule has 88 valence electrons. The van der Waals surface area contributed by atoms with Crippen molar-refractivity contribution < 1.29 is 9.90 Å². The molecule has 0 amide bonds. The highest BCUT2D eigenvalue weighted by molar-refractivity contribution is 9.10. The minimum atomic E-state index is -0.755. The molecular formula is C11H13BrClNO2. The molecule has 2 unspecified atom stereocenters. The molecule has 2 N–H and O–H groups in total. The summed E-state index contributed by atoms with van der Waals surface area (Å²) in [5, 5.41) is 12.0. The fourth-order valence-corrected chi connectivity index (χ4v) is 2.16. The van der Waals surface area contributed by atoms with E-state index in [9.17, 15) is 4.79 Å². The van der Waals surface area contributed by atoms with Crippen LogP contribution in [0.15, 0.2) is 28.7 Å². The first-order chi connectivity index (χ1) is 7.16. The zero-order valence-corrected chi connectivity index (χ0v) is 10.9. The molecule has 0 spiro atoms. The molecule has 1 fully saturated rings. The third-order valence-corrected chi connectivity index (χ3v) is 3.25. The highest BCUT2D eigenvalue weighted by atomic mass is 79.9. The van der Waals surface area contributed by atoms with E-state index in [1.54, 1.807) is 0 Å². The third kappa shape index (κ3) is 2.97. The minimum absolute atomic E-state index is 0. The quantitative estimate of drug-likeness (QED) is 0.883. The lowest BCUT2D eigenvalue weighted by Gasteiger charge is -2.12. The summed E-state index contributed by atoms with van der Waals surface area (Å²) in [6.07, 6.45) is 1.59. The van der Waals surface area contributed by atoms with Crippen LogP contribution in [0.3, 0.4) is 0 Å². The van der Waals surface area contributed by atoms with Gasteiger partial charge in [0.05, 0.1) is 0 Å². The Kier molecular flexibility index (Phi) is 4.77. The van der Waals surface area contributed by atoms with Gasteiger partial charge in [-0.05, 0) is 30.5 Å². The van der Waals surface area contributed by atoms with Crippen LogP contribution in [0.2, 0.25) is 0 Å². The number of hydrogen-bond acceptors (Lipinski definition) is 2. The van der Waals surface area contributed by atoms with Crippen molar-refractivity contribution in [1.82, 2.24) is 5.32 Å². The van der Waals surface area contributed by atoms with Gasteiger partial charge in [0, 0.05) is 10.5 Å². The Morgan fingerprint density at radius 3 is 2.44 bits per heavy atom. The van der Waals surface area contributed by atoms with Crippen LogP contribution in [0, 0.1) is 0 Å². The molecule has 2 atom stereocenters. The second-order valence-electron chi connectivity index (χ2n) is 3.74. The highest BCUT2D eigenvalue weighted by Crippen LogP contribution is 2.27. The minimum Gasteiger partial charge on any atom is -0.480 e. The lowest BCUT2D eigenvalue weighted by Crippen LogP contribution is -2.31. The van der Waals surface area contributed by atoms with Crippen LogP contribution in [-0.4, -0.2) is 17.1 Å². The lowest BCUT2D eigenvalue weighted by molar-refractivity contribution is -0.139. The summed E-state index contributed by atoms with van der Waals surface area (Å²) < 4.78 is 1.04. The molecule has 0 aromatic heterocycles. The summed E-state index contributed by atoms with van der Waals surface area (Å²) in [5.41, 5.74) is 1.15. The van der Waals surface area contributed by atoms with Crippen LogP contribution in [0.4, 0.5) is 0 Å². The smallest absolute Gasteiger partial charge is 0.320 e. The maximum absolute atomic E-state index is 10.8. The molecular weight excluding hydrogens is 293 g/mol. The number of hydrogen-bond donors (Lipinski definition) is 2. The van der Waals surface area contributed by atoms with E-state index >= 15 is 0 Å². The van der Waals surface area contributed by atoms with Crippen molar-refractivity contribution >= 4 is 34.3 Å². The van der Waals surface area contributed by atoms with E-state index in [1.807, 2.05) is 24.3 Å². The van der Waals surface area contributed by atoms with Gasteiger partial charge in [-0.2, -0.15) is 0 Å². The molecule has 1 aromatic rings. The maximum Gasteiger partial charge on any atom is 0.320 e. The average Bonchev–Trinajstić information content (AvgIpc) is 2.68. The zero-order chi connectivity index (χ0) is 10.8. The fraction of sp³-hybridized carbons (Fsp3) is 0.364. The Morgan fingerprint density at radius 1 is 1.31 bits per heavy atom. The van der Waals surface area contributed by atoms with Gasteiger partial charge in [0.25, 0.3) is 0 Å². The number of aliphatic carboxylic acids is 1. The first-order valence-corrected chi connectivity index (χ1v) is 5.70. The summed E-state index contributed by atoms with van der Waals surface area (Å²) in [4.78, 5) is 10.8. The topological polar surface area (TPSA) is 49.3 Å². The van der Waals surface area contributed by atoms with Crippen molar-refractivity contribution in [2.75, 3.05) is 0 Å². The van der Waals surface area contributed by atoms with E-state index in [0.717, 1.165) is 16.5 Å². The highest BCUT2D eigenvalue weighted by Gasteiger charge is 2.29. The Labute approximate surface area is 109 Å². The van der Waals surface area contributed by atoms with Gasteiger partial charge in [0.2, 0.25) is 0 Å². The van der Waals surface area contributed by atoms with Gasteiger partial charge in [-0.3, -0.25) is 10.1 Å². The Hall–Kier alpha value is -0.580. The fourth-order valence-electron chi connectivity index (χ4n) is 1.90. The Balaban J connectivity index is 0.00000128. The molecule has 1 aliphatic rings. The molecule has 3 nitrogen and oxygen atoms in total. The molecule has 0 saturated carbocycles. The van der Waals surface area contributed by atoms with E-state index in [2.05, 4.69) is 21.2 Å². The van der Waals surface area contributed by atoms with Crippen LogP contribution in [0.25, 0.3) is 0 Å². The molecule has 0 radical (unpaired) electrons. The number of benzene rings is 1. The van der Waals surface area contributed by atoms with Gasteiger partial charge < -0.3 is 5.11 Å². The van der Waals surface area contributed by atoms with Crippen molar-refractivity contribution in [3.8, 4) is 0 Å². The third-order valence-electron chi connectivity index (χ3n) is 2.72. The lowest BCUT2D eigenvalue weighted by atomic mass is 10.1. The largest absolute Gasteiger partial charge is 0.480 e. The summed E-state index contributed by atoms with van der Waals surface area (Å²) in [6, 6.07) is 7.78. The van der Waals surface area contributed by atoms with Crippen LogP contribution >= 0.6 is 28.3 Å². The van der Waals surface area contributed by atoms with Crippen molar-refractivity contribution in [2.24, 2.45) is 0 Å². The predicted molar refractivity (Wildman–Crippen MR) is 67.9 cm³/mol. The molecule has 1 aliphatic heterocycles. The molecule has 1 aromatic carbocycles. The van der Waals surface area contributed by atoms with Gasteiger partial charge >= 0.3 is 5.97 Å². The number of nitrogens with one attached hydrogen (secondary N) is 1. The standard InChI is InChI=1S/C11H12BrNO2.ClH/c12-8-3-1-7(2-4-8)9-5-6-10(13-9)11(14)15;/h1-4,9-10,13H,5-6H2,(H,14,15);1H. The summed E-state index contributed by atoms with van der Waals surface area (Å²) in [5.74, 6) is -0.755. The maximum atomic E-state index is 10.8. The zero-order valence-electron chi connectivity index (χ0n) is 8.52. The number of rotatable bonds is 2. The Bertz CT molecular complexity index is 369. The van der Waals surface area contributed by atoms with Gasteiger partial charge in [0.1, 0.15) is 6.04 Å². The number of carboxylic acids is 1. The predicted octanol–water partition coefficient (Wildman–Crippen LogP) is 2.75. The monoisotopic (exact) mass is 305 g/mol. The van der Waals surface area contributed by atoms with E-state index in [4.69, 9.17) is 5.11 Å². The molecule has 2 rings (SSSR count). The van der Waals surface area contributed by atoms with Gasteiger partial charge in [-0.15, -0.1) is 12.4 Å². The van der Waals surface area contributed by atoms with E-state index in [1.165, 1.54) is 0 Å². The average molecular weight is 307 g/mol. The summed E-state index contributed by atoms with van der Waals surface area (Å²) >= 11 is 3.37. The number of carbonyl (C=O) groups is 1. The normalized spacial score (nSPS) is 23.8. The second-order valence-corrected chi connectivity index (χ2v) is 4.65. The first kappa shape index (κ1) is 13.5.